The number of rotatable bonds is 8. The average Bonchev–Trinajstić information content (AvgIpc) is 4.42. The summed E-state index contributed by atoms with van der Waals surface area (Å²) in [6.45, 7) is 0. The zero-order valence-electron chi connectivity index (χ0n) is 41.9. The molecule has 12 aromatic carbocycles. The maximum Gasteiger partial charge on any atom is -0.000660 e. The van der Waals surface area contributed by atoms with Gasteiger partial charge in [0.2, 0.25) is 0 Å². The molecule has 0 heterocycles. The molecule has 0 radical (unpaired) electrons. The van der Waals surface area contributed by atoms with Crippen LogP contribution in [0.1, 0.15) is 44.5 Å². The van der Waals surface area contributed by atoms with Crippen LogP contribution < -0.4 is 0 Å². The van der Waals surface area contributed by atoms with Crippen molar-refractivity contribution in [2.45, 2.75) is 25.7 Å². The highest BCUT2D eigenvalue weighted by molar-refractivity contribution is 6.17. The monoisotopic (exact) mass is 960 g/mol. The largest absolute Gasteiger partial charge is 0.0622 e. The second kappa shape index (κ2) is 16.1. The molecule has 0 aliphatic heterocycles. The van der Waals surface area contributed by atoms with Crippen molar-refractivity contribution >= 4 is 0 Å². The zero-order chi connectivity index (χ0) is 49.6. The van der Waals surface area contributed by atoms with Gasteiger partial charge in [0.25, 0.3) is 0 Å². The first kappa shape index (κ1) is 42.0. The van der Waals surface area contributed by atoms with Gasteiger partial charge in [-0.05, 0) is 252 Å². The van der Waals surface area contributed by atoms with Crippen LogP contribution >= 0.6 is 0 Å². The molecule has 5 aliphatic carbocycles. The molecule has 352 valence electrons. The highest BCUT2D eigenvalue weighted by atomic mass is 14.5. The van der Waals surface area contributed by atoms with E-state index >= 15 is 0 Å². The first-order chi connectivity index (χ1) is 37.7. The third-order valence-electron chi connectivity index (χ3n) is 17.7. The van der Waals surface area contributed by atoms with Crippen molar-refractivity contribution in [2.75, 3.05) is 0 Å². The molecule has 0 N–H and O–H groups in total. The molecule has 0 spiro atoms. The molecule has 0 saturated carbocycles. The van der Waals surface area contributed by atoms with Crippen LogP contribution in [0.25, 0.3) is 134 Å². The smallest absolute Gasteiger partial charge is 0.000660 e. The minimum Gasteiger partial charge on any atom is -0.0622 e. The Labute approximate surface area is 443 Å². The van der Waals surface area contributed by atoms with E-state index in [1.165, 1.54) is 178 Å². The topological polar surface area (TPSA) is 0 Å². The van der Waals surface area contributed by atoms with Gasteiger partial charge >= 0.3 is 0 Å². The fourth-order valence-corrected chi connectivity index (χ4v) is 14.4. The van der Waals surface area contributed by atoms with E-state index in [2.05, 4.69) is 243 Å². The summed E-state index contributed by atoms with van der Waals surface area (Å²) in [4.78, 5) is 0. The lowest BCUT2D eigenvalue weighted by Gasteiger charge is -2.25. The van der Waals surface area contributed by atoms with Crippen LogP contribution in [-0.2, 0) is 25.7 Å². The van der Waals surface area contributed by atoms with Gasteiger partial charge < -0.3 is 0 Å². The van der Waals surface area contributed by atoms with E-state index in [4.69, 9.17) is 0 Å². The molecule has 0 bridgehead atoms. The summed E-state index contributed by atoms with van der Waals surface area (Å²) in [6.07, 6.45) is 3.55. The van der Waals surface area contributed by atoms with Crippen molar-refractivity contribution in [1.82, 2.24) is 0 Å². The molecule has 0 unspecified atom stereocenters. The van der Waals surface area contributed by atoms with Crippen LogP contribution in [0.15, 0.2) is 243 Å². The van der Waals surface area contributed by atoms with Crippen molar-refractivity contribution in [3.8, 4) is 134 Å². The molecule has 0 amide bonds. The van der Waals surface area contributed by atoms with Crippen LogP contribution in [-0.4, -0.2) is 0 Å². The van der Waals surface area contributed by atoms with Crippen molar-refractivity contribution in [3.63, 3.8) is 0 Å². The molecule has 5 aliphatic rings. The van der Waals surface area contributed by atoms with Gasteiger partial charge in [0.1, 0.15) is 0 Å². The van der Waals surface area contributed by atoms with E-state index in [1.807, 2.05) is 0 Å². The lowest BCUT2D eigenvalue weighted by Crippen LogP contribution is -2.00. The Kier molecular flexibility index (Phi) is 8.89. The molecule has 76 heavy (non-hydrogen) atoms. The highest BCUT2D eigenvalue weighted by Gasteiger charge is 2.45. The molecule has 0 atom stereocenters. The quantitative estimate of drug-likeness (QED) is 0.142. The van der Waals surface area contributed by atoms with Crippen LogP contribution in [0.3, 0.4) is 0 Å². The van der Waals surface area contributed by atoms with Crippen LogP contribution in [0.5, 0.6) is 0 Å². The molecule has 17 rings (SSSR count). The highest BCUT2D eigenvalue weighted by Crippen LogP contribution is 2.66. The lowest BCUT2D eigenvalue weighted by molar-refractivity contribution is 1.21. The Bertz CT molecular complexity index is 3850. The first-order valence-electron chi connectivity index (χ1n) is 27.1. The summed E-state index contributed by atoms with van der Waals surface area (Å²) in [6, 6.07) is 91.6. The standard InChI is InChI=1S/C76H48/c1-5-17-45(18-6-1)49-25-13-29-53(33-49)61-37-57-42-66-63(55-31-15-27-51(35-55)47-21-9-3-10-22-47)39-59-44-68-64(56-32-16-28-52(36-56)48-23-11-4-12-24-48)40-60-43-67-62(54-30-14-26-50(34-54)46-19-7-2-8-20-46)38-58-41-65(61)73-69(57)74(66)71(59)76(68)72(60)75(67)70(58)73/h1-40H,41-44H2. The van der Waals surface area contributed by atoms with Gasteiger partial charge in [0, 0.05) is 0 Å². The van der Waals surface area contributed by atoms with Crippen LogP contribution in [0.2, 0.25) is 0 Å². The molecular formula is C76H48. The molecule has 0 saturated heterocycles. The summed E-state index contributed by atoms with van der Waals surface area (Å²) >= 11 is 0. The fraction of sp³-hybridized carbons (Fsp3) is 0.0526. The third-order valence-corrected chi connectivity index (χ3v) is 17.7. The van der Waals surface area contributed by atoms with Gasteiger partial charge in [-0.15, -0.1) is 0 Å². The molecular weight excluding hydrogens is 913 g/mol. The van der Waals surface area contributed by atoms with E-state index < -0.39 is 0 Å². The third kappa shape index (κ3) is 6.13. The Morgan fingerprint density at radius 3 is 0.579 bits per heavy atom. The Morgan fingerprint density at radius 2 is 0.355 bits per heavy atom. The van der Waals surface area contributed by atoms with Crippen molar-refractivity contribution in [2.24, 2.45) is 0 Å². The lowest BCUT2D eigenvalue weighted by atomic mass is 9.78. The van der Waals surface area contributed by atoms with E-state index in [0.29, 0.717) is 0 Å². The predicted octanol–water partition coefficient (Wildman–Crippen LogP) is 19.6. The van der Waals surface area contributed by atoms with Crippen molar-refractivity contribution < 1.29 is 0 Å². The summed E-state index contributed by atoms with van der Waals surface area (Å²) in [5.41, 5.74) is 44.2. The molecule has 12 aromatic rings. The first-order valence-corrected chi connectivity index (χ1v) is 27.1. The summed E-state index contributed by atoms with van der Waals surface area (Å²) in [7, 11) is 0. The van der Waals surface area contributed by atoms with Gasteiger partial charge in [-0.1, -0.05) is 194 Å². The summed E-state index contributed by atoms with van der Waals surface area (Å²) in [5, 5.41) is 0. The Balaban J connectivity index is 0.975. The average molecular weight is 961 g/mol. The van der Waals surface area contributed by atoms with Crippen LogP contribution in [0.4, 0.5) is 0 Å². The van der Waals surface area contributed by atoms with Gasteiger partial charge in [0.15, 0.2) is 0 Å². The van der Waals surface area contributed by atoms with Crippen molar-refractivity contribution in [1.29, 1.82) is 0 Å². The van der Waals surface area contributed by atoms with Crippen molar-refractivity contribution in [3.05, 3.63) is 287 Å². The van der Waals surface area contributed by atoms with E-state index in [1.54, 1.807) is 0 Å². The Hall–Kier alpha value is -9.36. The fourth-order valence-electron chi connectivity index (χ4n) is 14.4. The van der Waals surface area contributed by atoms with Gasteiger partial charge in [-0.2, -0.15) is 0 Å². The SMILES string of the molecule is c1ccc(-c2cccc(-c3cc4c5c6c3Cc3cc(-c7cccc(-c8ccccc8)c7)c7c(c3-6)-c3c(cc(-c6cccc(-c8ccccc8)c6)c6c3-c3c(cc(-c8cccc(-c9ccccc9)c8)c(c3-5)C4)C6)C7)c2)cc1. The number of benzene rings is 12. The van der Waals surface area contributed by atoms with E-state index in [-0.39, 0.29) is 0 Å². The minimum absolute atomic E-state index is 0.889. The zero-order valence-corrected chi connectivity index (χ0v) is 41.9. The minimum atomic E-state index is 0.889. The second-order valence-electron chi connectivity index (χ2n) is 21.7. The summed E-state index contributed by atoms with van der Waals surface area (Å²) in [5.74, 6) is 0. The maximum absolute atomic E-state index is 2.63. The number of hydrogen-bond donors (Lipinski definition) is 0. The molecule has 0 fully saturated rings. The second-order valence-corrected chi connectivity index (χ2v) is 21.7. The Morgan fingerprint density at radius 1 is 0.158 bits per heavy atom. The van der Waals surface area contributed by atoms with E-state index in [0.717, 1.165) is 25.7 Å². The molecule has 0 nitrogen and oxygen atoms in total. The summed E-state index contributed by atoms with van der Waals surface area (Å²) < 4.78 is 0. The normalized spacial score (nSPS) is 13.1. The number of hydrogen-bond acceptors (Lipinski definition) is 0. The van der Waals surface area contributed by atoms with Gasteiger partial charge in [-0.3, -0.25) is 0 Å². The van der Waals surface area contributed by atoms with Gasteiger partial charge in [-0.25, -0.2) is 0 Å². The molecule has 0 heteroatoms. The molecule has 0 aromatic heterocycles. The predicted molar refractivity (Wildman–Crippen MR) is 316 cm³/mol. The van der Waals surface area contributed by atoms with E-state index in [9.17, 15) is 0 Å². The van der Waals surface area contributed by atoms with Crippen LogP contribution in [0, 0.1) is 0 Å². The van der Waals surface area contributed by atoms with Gasteiger partial charge in [0.05, 0.1) is 0 Å². The maximum atomic E-state index is 2.63.